The minimum Gasteiger partial charge on any atom is -0.508 e. The molecule has 2 unspecified atom stereocenters. The lowest BCUT2D eigenvalue weighted by Crippen LogP contribution is -2.48. The summed E-state index contributed by atoms with van der Waals surface area (Å²) in [7, 11) is -4.66. The summed E-state index contributed by atoms with van der Waals surface area (Å²) >= 11 is 0. The maximum atomic E-state index is 12.0. The van der Waals surface area contributed by atoms with Crippen molar-refractivity contribution in [2.24, 2.45) is 0 Å². The van der Waals surface area contributed by atoms with Crippen LogP contribution in [0.2, 0.25) is 0 Å². The van der Waals surface area contributed by atoms with Crippen molar-refractivity contribution in [3.05, 3.63) is 71.5 Å². The van der Waals surface area contributed by atoms with Crippen LogP contribution in [0.3, 0.4) is 0 Å². The van der Waals surface area contributed by atoms with E-state index in [-0.39, 0.29) is 39.9 Å². The summed E-state index contributed by atoms with van der Waals surface area (Å²) in [5.41, 5.74) is 2.04. The quantitative estimate of drug-likeness (QED) is 0.110. The highest BCUT2D eigenvalue weighted by atomic mass is 32.2. The number of rotatable bonds is 8. The SMILES string of the molecule is CC(C)=CCCC(C)=CCCC1(C)Oc2c(c(O)cc3c(O)n(-c4c(O)cc(S(=O)(=O)O)c5ccccc45)cc23)CC1O. The van der Waals surface area contributed by atoms with Crippen molar-refractivity contribution in [1.82, 2.24) is 4.57 Å². The van der Waals surface area contributed by atoms with E-state index in [4.69, 9.17) is 4.74 Å². The average Bonchev–Trinajstić information content (AvgIpc) is 3.24. The summed E-state index contributed by atoms with van der Waals surface area (Å²) in [5, 5.41) is 45.4. The van der Waals surface area contributed by atoms with E-state index in [1.807, 2.05) is 6.92 Å². The highest BCUT2D eigenvalue weighted by Gasteiger charge is 2.41. The second-order valence-corrected chi connectivity index (χ2v) is 13.2. The van der Waals surface area contributed by atoms with E-state index in [9.17, 15) is 33.4 Å². The van der Waals surface area contributed by atoms with Crippen molar-refractivity contribution in [2.75, 3.05) is 0 Å². The van der Waals surface area contributed by atoms with Crippen molar-refractivity contribution < 1.29 is 38.1 Å². The van der Waals surface area contributed by atoms with Crippen LogP contribution in [0.5, 0.6) is 23.1 Å². The van der Waals surface area contributed by atoms with Gasteiger partial charge in [-0.05, 0) is 59.4 Å². The zero-order chi connectivity index (χ0) is 31.3. The number of ether oxygens (including phenoxy) is 1. The molecule has 0 saturated heterocycles. The Morgan fingerprint density at radius 1 is 1.00 bits per heavy atom. The molecule has 43 heavy (non-hydrogen) atoms. The van der Waals surface area contributed by atoms with Crippen LogP contribution in [0.25, 0.3) is 27.2 Å². The highest BCUT2D eigenvalue weighted by Crippen LogP contribution is 2.49. The van der Waals surface area contributed by atoms with Gasteiger partial charge in [0, 0.05) is 40.4 Å². The number of phenols is 2. The van der Waals surface area contributed by atoms with E-state index in [0.717, 1.165) is 18.9 Å². The second-order valence-electron chi connectivity index (χ2n) is 11.8. The van der Waals surface area contributed by atoms with Gasteiger partial charge in [0.1, 0.15) is 27.7 Å². The molecule has 0 bridgehead atoms. The highest BCUT2D eigenvalue weighted by molar-refractivity contribution is 7.86. The number of aliphatic hydroxyl groups excluding tert-OH is 1. The molecule has 0 amide bonds. The monoisotopic (exact) mass is 607 g/mol. The second kappa shape index (κ2) is 11.3. The van der Waals surface area contributed by atoms with Crippen LogP contribution >= 0.6 is 0 Å². The number of aliphatic hydroxyl groups is 1. The first-order valence-electron chi connectivity index (χ1n) is 14.2. The molecule has 5 N–H and O–H groups in total. The molecule has 1 aromatic heterocycles. The number of aromatic hydroxyl groups is 3. The molecule has 0 saturated carbocycles. The number of phenolic OH excluding ortho intramolecular Hbond substituents is 2. The lowest BCUT2D eigenvalue weighted by Gasteiger charge is -2.40. The third kappa shape index (κ3) is 5.70. The number of hydrogen-bond acceptors (Lipinski definition) is 7. The third-order valence-corrected chi connectivity index (χ3v) is 9.16. The molecule has 1 aliphatic rings. The maximum absolute atomic E-state index is 12.0. The first kappa shape index (κ1) is 30.5. The van der Waals surface area contributed by atoms with Gasteiger partial charge in [-0.15, -0.1) is 0 Å². The zero-order valence-electron chi connectivity index (χ0n) is 24.6. The van der Waals surface area contributed by atoms with Gasteiger partial charge >= 0.3 is 0 Å². The van der Waals surface area contributed by atoms with Crippen LogP contribution < -0.4 is 4.74 Å². The van der Waals surface area contributed by atoms with E-state index in [0.29, 0.717) is 29.5 Å². The number of fused-ring (bicyclic) bond motifs is 4. The van der Waals surface area contributed by atoms with Crippen molar-refractivity contribution in [3.8, 4) is 28.8 Å². The van der Waals surface area contributed by atoms with E-state index in [2.05, 4.69) is 32.9 Å². The third-order valence-electron chi connectivity index (χ3n) is 8.27. The van der Waals surface area contributed by atoms with Crippen molar-refractivity contribution in [2.45, 2.75) is 76.4 Å². The minimum atomic E-state index is -4.66. The Bertz CT molecular complexity index is 1900. The molecular weight excluding hydrogens is 570 g/mol. The van der Waals surface area contributed by atoms with E-state index >= 15 is 0 Å². The Labute approximate surface area is 250 Å². The summed E-state index contributed by atoms with van der Waals surface area (Å²) < 4.78 is 41.6. The van der Waals surface area contributed by atoms with E-state index in [1.165, 1.54) is 27.8 Å². The maximum Gasteiger partial charge on any atom is 0.295 e. The number of benzene rings is 3. The lowest BCUT2D eigenvalue weighted by molar-refractivity contribution is -0.0581. The van der Waals surface area contributed by atoms with E-state index < -0.39 is 32.5 Å². The zero-order valence-corrected chi connectivity index (χ0v) is 25.4. The fourth-order valence-electron chi connectivity index (χ4n) is 5.82. The van der Waals surface area contributed by atoms with Gasteiger partial charge in [0.25, 0.3) is 10.1 Å². The number of nitrogens with zero attached hydrogens (tertiary/aromatic N) is 1. The summed E-state index contributed by atoms with van der Waals surface area (Å²) in [6.45, 7) is 8.07. The van der Waals surface area contributed by atoms with Crippen LogP contribution in [-0.2, 0) is 16.5 Å². The Kier molecular flexibility index (Phi) is 7.98. The standard InChI is InChI=1S/C33H37NO8S/c1-19(2)9-7-10-20(3)11-8-14-33(4)29(37)16-24-26(35)15-23-25(31(24)42-33)18-34(32(23)38)30-22-13-6-5-12-21(22)28(17-27(30)36)43(39,40)41/h5-6,9,11-13,15,17-18,29,35-38H,7-8,10,14,16H2,1-4H3,(H,39,40,41). The summed E-state index contributed by atoms with van der Waals surface area (Å²) in [6.07, 6.45) is 8.26. The van der Waals surface area contributed by atoms with Gasteiger partial charge in [-0.2, -0.15) is 8.42 Å². The first-order chi connectivity index (χ1) is 20.2. The molecule has 4 aromatic rings. The van der Waals surface area contributed by atoms with Crippen LogP contribution in [0.1, 0.15) is 58.9 Å². The van der Waals surface area contributed by atoms with Gasteiger partial charge in [-0.1, -0.05) is 47.6 Å². The Morgan fingerprint density at radius 3 is 2.37 bits per heavy atom. The van der Waals surface area contributed by atoms with Gasteiger partial charge in [0.15, 0.2) is 0 Å². The predicted octanol–water partition coefficient (Wildman–Crippen LogP) is 6.67. The molecule has 5 rings (SSSR count). The molecule has 2 heterocycles. The molecule has 0 aliphatic carbocycles. The largest absolute Gasteiger partial charge is 0.508 e. The molecular formula is C33H37NO8S. The minimum absolute atomic E-state index is 0.0808. The van der Waals surface area contributed by atoms with Crippen molar-refractivity contribution >= 4 is 31.7 Å². The average molecular weight is 608 g/mol. The van der Waals surface area contributed by atoms with Crippen molar-refractivity contribution in [3.63, 3.8) is 0 Å². The Balaban J connectivity index is 1.57. The first-order valence-corrected chi connectivity index (χ1v) is 15.6. The molecule has 0 radical (unpaired) electrons. The van der Waals surface area contributed by atoms with Gasteiger partial charge in [0.05, 0.1) is 17.2 Å². The molecule has 228 valence electrons. The summed E-state index contributed by atoms with van der Waals surface area (Å²) in [4.78, 5) is -0.468. The predicted molar refractivity (Wildman–Crippen MR) is 166 cm³/mol. The van der Waals surface area contributed by atoms with Crippen LogP contribution in [0, 0.1) is 0 Å². The molecule has 2 atom stereocenters. The van der Waals surface area contributed by atoms with Crippen LogP contribution in [0.4, 0.5) is 0 Å². The lowest BCUT2D eigenvalue weighted by atomic mass is 9.84. The topological polar surface area (TPSA) is 149 Å². The number of hydrogen-bond donors (Lipinski definition) is 5. The Hall–Kier alpha value is -3.99. The molecule has 0 spiro atoms. The summed E-state index contributed by atoms with van der Waals surface area (Å²) in [5.74, 6) is -0.644. The smallest absolute Gasteiger partial charge is 0.295 e. The van der Waals surface area contributed by atoms with Crippen molar-refractivity contribution in [1.29, 1.82) is 0 Å². The van der Waals surface area contributed by atoms with E-state index in [1.54, 1.807) is 24.4 Å². The normalized spacial score (nSPS) is 18.9. The molecule has 10 heteroatoms. The number of allylic oxidation sites excluding steroid dienone is 4. The molecule has 0 fully saturated rings. The fraction of sp³-hybridized carbons (Fsp3) is 0.333. The molecule has 1 aliphatic heterocycles. The van der Waals surface area contributed by atoms with Gasteiger partial charge in [0.2, 0.25) is 5.88 Å². The molecule has 9 nitrogen and oxygen atoms in total. The van der Waals surface area contributed by atoms with Crippen LogP contribution in [0.15, 0.2) is 70.8 Å². The summed E-state index contributed by atoms with van der Waals surface area (Å²) in [6, 6.07) is 8.60. The number of aromatic nitrogens is 1. The molecule has 3 aromatic carbocycles. The Morgan fingerprint density at radius 2 is 1.70 bits per heavy atom. The van der Waals surface area contributed by atoms with Crippen LogP contribution in [-0.4, -0.2) is 49.7 Å². The fourth-order valence-corrected chi connectivity index (χ4v) is 6.54. The van der Waals surface area contributed by atoms with Gasteiger partial charge < -0.3 is 25.2 Å². The van der Waals surface area contributed by atoms with Gasteiger partial charge in [-0.25, -0.2) is 0 Å². The van der Waals surface area contributed by atoms with Gasteiger partial charge in [-0.3, -0.25) is 9.12 Å².